The molecular weight excluding hydrogens is 501 g/mol. The minimum absolute atomic E-state index is 0.00533. The van der Waals surface area contributed by atoms with E-state index in [4.69, 9.17) is 4.18 Å². The SMILES string of the molecule is Cc1ccc(S(=O)(=O)OCC(O)C(c2cccc(F)c2)n2cc(-c3cccc(C)c3)c3ccccc32)cc1. The van der Waals surface area contributed by atoms with Crippen molar-refractivity contribution in [3.63, 3.8) is 0 Å². The van der Waals surface area contributed by atoms with Gasteiger partial charge in [-0.05, 0) is 55.3 Å². The highest BCUT2D eigenvalue weighted by molar-refractivity contribution is 7.86. The van der Waals surface area contributed by atoms with Crippen LogP contribution in [0, 0.1) is 19.7 Å². The summed E-state index contributed by atoms with van der Waals surface area (Å²) >= 11 is 0. The van der Waals surface area contributed by atoms with Crippen LogP contribution in [-0.2, 0) is 14.3 Å². The number of hydrogen-bond acceptors (Lipinski definition) is 4. The van der Waals surface area contributed by atoms with Crippen LogP contribution >= 0.6 is 0 Å². The summed E-state index contributed by atoms with van der Waals surface area (Å²) in [6, 6.07) is 27.3. The summed E-state index contributed by atoms with van der Waals surface area (Å²) in [6.07, 6.45) is 0.616. The van der Waals surface area contributed by atoms with Crippen LogP contribution in [0.25, 0.3) is 22.0 Å². The van der Waals surface area contributed by atoms with Gasteiger partial charge in [-0.3, -0.25) is 4.18 Å². The first-order valence-electron chi connectivity index (χ1n) is 12.3. The predicted molar refractivity (Wildman–Crippen MR) is 147 cm³/mol. The summed E-state index contributed by atoms with van der Waals surface area (Å²) in [4.78, 5) is 0.00533. The van der Waals surface area contributed by atoms with E-state index in [1.54, 1.807) is 24.3 Å². The molecule has 0 amide bonds. The maximum absolute atomic E-state index is 14.3. The van der Waals surface area contributed by atoms with Gasteiger partial charge < -0.3 is 9.67 Å². The van der Waals surface area contributed by atoms with Crippen LogP contribution in [0.2, 0.25) is 0 Å². The quantitative estimate of drug-likeness (QED) is 0.236. The number of aliphatic hydroxyl groups is 1. The largest absolute Gasteiger partial charge is 0.388 e. The third-order valence-corrected chi connectivity index (χ3v) is 7.92. The summed E-state index contributed by atoms with van der Waals surface area (Å²) < 4.78 is 47.2. The van der Waals surface area contributed by atoms with Gasteiger partial charge in [0.25, 0.3) is 10.1 Å². The smallest absolute Gasteiger partial charge is 0.297 e. The van der Waals surface area contributed by atoms with Crippen molar-refractivity contribution < 1.29 is 22.1 Å². The molecule has 0 saturated carbocycles. The molecule has 1 N–H and O–H groups in total. The van der Waals surface area contributed by atoms with E-state index in [1.165, 1.54) is 24.3 Å². The van der Waals surface area contributed by atoms with Gasteiger partial charge in [0.15, 0.2) is 0 Å². The summed E-state index contributed by atoms with van der Waals surface area (Å²) in [5, 5.41) is 12.4. The van der Waals surface area contributed by atoms with E-state index >= 15 is 0 Å². The highest BCUT2D eigenvalue weighted by Crippen LogP contribution is 2.36. The Morgan fingerprint density at radius 2 is 1.61 bits per heavy atom. The van der Waals surface area contributed by atoms with Crippen molar-refractivity contribution in [1.82, 2.24) is 4.57 Å². The van der Waals surface area contributed by atoms with Gasteiger partial charge in [-0.2, -0.15) is 8.42 Å². The van der Waals surface area contributed by atoms with Gasteiger partial charge in [0.2, 0.25) is 0 Å². The molecule has 7 heteroatoms. The van der Waals surface area contributed by atoms with Crippen LogP contribution in [-0.4, -0.2) is 30.8 Å². The molecule has 0 radical (unpaired) electrons. The second kappa shape index (κ2) is 10.5. The van der Waals surface area contributed by atoms with E-state index in [9.17, 15) is 17.9 Å². The number of aromatic nitrogens is 1. The summed E-state index contributed by atoms with van der Waals surface area (Å²) in [5.41, 5.74) is 5.29. The molecule has 0 bridgehead atoms. The van der Waals surface area contributed by atoms with E-state index < -0.39 is 34.7 Å². The zero-order chi connectivity index (χ0) is 26.9. The van der Waals surface area contributed by atoms with E-state index in [1.807, 2.05) is 67.1 Å². The number of benzene rings is 4. The van der Waals surface area contributed by atoms with Crippen LogP contribution in [0.5, 0.6) is 0 Å². The Labute approximate surface area is 221 Å². The Bertz CT molecular complexity index is 1690. The summed E-state index contributed by atoms with van der Waals surface area (Å²) in [6.45, 7) is 3.37. The molecule has 2 unspecified atom stereocenters. The maximum Gasteiger partial charge on any atom is 0.297 e. The molecule has 0 saturated heterocycles. The first-order chi connectivity index (χ1) is 18.2. The summed E-state index contributed by atoms with van der Waals surface area (Å²) in [5.74, 6) is -0.455. The standard InChI is InChI=1S/C31H28FNO4S/c1-21-13-15-26(16-14-21)38(35,36)37-20-30(34)31(24-9-6-10-25(32)18-24)33-19-28(23-8-5-7-22(2)17-23)27-11-3-4-12-29(27)33/h3-19,30-31,34H,20H2,1-2H3. The first-order valence-corrected chi connectivity index (χ1v) is 13.7. The Morgan fingerprint density at radius 3 is 2.34 bits per heavy atom. The number of para-hydroxylation sites is 1. The van der Waals surface area contributed by atoms with Crippen molar-refractivity contribution in [2.75, 3.05) is 6.61 Å². The lowest BCUT2D eigenvalue weighted by molar-refractivity contribution is 0.0784. The zero-order valence-corrected chi connectivity index (χ0v) is 21.9. The average Bonchev–Trinajstić information content (AvgIpc) is 3.27. The highest BCUT2D eigenvalue weighted by Gasteiger charge is 2.28. The molecule has 1 heterocycles. The molecule has 194 valence electrons. The van der Waals surface area contributed by atoms with Crippen LogP contribution in [0.1, 0.15) is 22.7 Å². The molecule has 1 aromatic heterocycles. The molecule has 38 heavy (non-hydrogen) atoms. The van der Waals surface area contributed by atoms with E-state index in [2.05, 4.69) is 6.07 Å². The average molecular weight is 530 g/mol. The van der Waals surface area contributed by atoms with Crippen molar-refractivity contribution in [2.24, 2.45) is 0 Å². The molecule has 2 atom stereocenters. The third-order valence-electron chi connectivity index (χ3n) is 6.63. The molecule has 5 aromatic rings. The monoisotopic (exact) mass is 529 g/mol. The Morgan fingerprint density at radius 1 is 0.868 bits per heavy atom. The molecule has 0 spiro atoms. The fraction of sp³-hybridized carbons (Fsp3) is 0.161. The topological polar surface area (TPSA) is 68.5 Å². The van der Waals surface area contributed by atoms with E-state index in [0.717, 1.165) is 33.2 Å². The predicted octanol–water partition coefficient (Wildman–Crippen LogP) is 6.42. The molecule has 0 aliphatic carbocycles. The third kappa shape index (κ3) is 5.27. The van der Waals surface area contributed by atoms with Crippen molar-refractivity contribution in [1.29, 1.82) is 0 Å². The number of halogens is 1. The molecule has 5 nitrogen and oxygen atoms in total. The van der Waals surface area contributed by atoms with Crippen LogP contribution in [0.15, 0.2) is 108 Å². The number of aliphatic hydroxyl groups excluding tert-OH is 1. The van der Waals surface area contributed by atoms with Gasteiger partial charge in [-0.15, -0.1) is 0 Å². The summed E-state index contributed by atoms with van der Waals surface area (Å²) in [7, 11) is -4.11. The lowest BCUT2D eigenvalue weighted by Crippen LogP contribution is -2.30. The lowest BCUT2D eigenvalue weighted by Gasteiger charge is -2.26. The van der Waals surface area contributed by atoms with E-state index in [0.29, 0.717) is 5.56 Å². The number of aryl methyl sites for hydroxylation is 2. The van der Waals surface area contributed by atoms with Gasteiger partial charge in [0.1, 0.15) is 11.9 Å². The van der Waals surface area contributed by atoms with Gasteiger partial charge in [0, 0.05) is 22.7 Å². The van der Waals surface area contributed by atoms with Crippen molar-refractivity contribution in [3.05, 3.63) is 126 Å². The number of rotatable bonds is 8. The zero-order valence-electron chi connectivity index (χ0n) is 21.1. The maximum atomic E-state index is 14.3. The van der Waals surface area contributed by atoms with E-state index in [-0.39, 0.29) is 4.90 Å². The minimum atomic E-state index is -4.11. The second-order valence-electron chi connectivity index (χ2n) is 9.46. The van der Waals surface area contributed by atoms with Crippen molar-refractivity contribution in [2.45, 2.75) is 30.9 Å². The second-order valence-corrected chi connectivity index (χ2v) is 11.1. The Kier molecular flexibility index (Phi) is 7.17. The molecule has 0 fully saturated rings. The van der Waals surface area contributed by atoms with Gasteiger partial charge in [-0.1, -0.05) is 77.9 Å². The molecular formula is C31H28FNO4S. The van der Waals surface area contributed by atoms with Gasteiger partial charge in [-0.25, -0.2) is 4.39 Å². The lowest BCUT2D eigenvalue weighted by atomic mass is 10.0. The molecule has 0 aliphatic rings. The first kappa shape index (κ1) is 25.9. The van der Waals surface area contributed by atoms with Crippen molar-refractivity contribution >= 4 is 21.0 Å². The highest BCUT2D eigenvalue weighted by atomic mass is 32.2. The van der Waals surface area contributed by atoms with Crippen LogP contribution < -0.4 is 0 Å². The normalized spacial score (nSPS) is 13.5. The molecule has 5 rings (SSSR count). The molecule has 0 aliphatic heterocycles. The number of fused-ring (bicyclic) bond motifs is 1. The fourth-order valence-corrected chi connectivity index (χ4v) is 5.68. The van der Waals surface area contributed by atoms with Gasteiger partial charge in [0.05, 0.1) is 17.5 Å². The number of nitrogens with zero attached hydrogens (tertiary/aromatic N) is 1. The fourth-order valence-electron chi connectivity index (χ4n) is 4.76. The Balaban J connectivity index is 1.57. The number of hydrogen-bond donors (Lipinski definition) is 1. The Hall–Kier alpha value is -3.78. The van der Waals surface area contributed by atoms with Crippen LogP contribution in [0.4, 0.5) is 4.39 Å². The molecule has 4 aromatic carbocycles. The van der Waals surface area contributed by atoms with Crippen molar-refractivity contribution in [3.8, 4) is 11.1 Å². The van der Waals surface area contributed by atoms with Crippen LogP contribution in [0.3, 0.4) is 0 Å². The minimum Gasteiger partial charge on any atom is -0.388 e. The van der Waals surface area contributed by atoms with Gasteiger partial charge >= 0.3 is 0 Å².